The molecule has 0 fully saturated rings. The molecular weight excluding hydrogens is 190 g/mol. The van der Waals surface area contributed by atoms with Crippen LogP contribution in [0.2, 0.25) is 0 Å². The second-order valence-electron chi connectivity index (χ2n) is 4.83. The molecule has 15 heavy (non-hydrogen) atoms. The second-order valence-corrected chi connectivity index (χ2v) is 4.83. The van der Waals surface area contributed by atoms with Crippen LogP contribution in [0.3, 0.4) is 0 Å². The molecule has 0 saturated carbocycles. The average molecular weight is 215 g/mol. The van der Waals surface area contributed by atoms with Gasteiger partial charge in [0.1, 0.15) is 0 Å². The summed E-state index contributed by atoms with van der Waals surface area (Å²) in [5.41, 5.74) is 0. The van der Waals surface area contributed by atoms with Crippen molar-refractivity contribution in [1.82, 2.24) is 4.90 Å². The molecule has 0 radical (unpaired) electrons. The van der Waals surface area contributed by atoms with E-state index >= 15 is 0 Å². The third-order valence-corrected chi connectivity index (χ3v) is 2.42. The van der Waals surface area contributed by atoms with Crippen LogP contribution in [0.1, 0.15) is 47.0 Å². The number of carbonyl (C=O) groups is 1. The van der Waals surface area contributed by atoms with E-state index in [9.17, 15) is 4.79 Å². The maximum Gasteiger partial charge on any atom is 0.303 e. The third-order valence-electron chi connectivity index (χ3n) is 2.42. The van der Waals surface area contributed by atoms with E-state index in [0.717, 1.165) is 25.9 Å². The lowest BCUT2D eigenvalue weighted by Gasteiger charge is -2.28. The Morgan fingerprint density at radius 1 is 1.20 bits per heavy atom. The highest BCUT2D eigenvalue weighted by Crippen LogP contribution is 2.07. The monoisotopic (exact) mass is 215 g/mol. The van der Waals surface area contributed by atoms with Crippen molar-refractivity contribution < 1.29 is 9.90 Å². The minimum atomic E-state index is -0.685. The Hall–Kier alpha value is -0.570. The van der Waals surface area contributed by atoms with Gasteiger partial charge in [0, 0.05) is 19.0 Å². The highest BCUT2D eigenvalue weighted by molar-refractivity contribution is 5.66. The van der Waals surface area contributed by atoms with E-state index in [1.165, 1.54) is 0 Å². The van der Waals surface area contributed by atoms with E-state index in [2.05, 4.69) is 32.6 Å². The van der Waals surface area contributed by atoms with Gasteiger partial charge in [-0.3, -0.25) is 4.79 Å². The Balaban J connectivity index is 3.71. The molecule has 0 aliphatic heterocycles. The fourth-order valence-corrected chi connectivity index (χ4v) is 1.62. The molecular formula is C12H25NO2. The predicted octanol–water partition coefficient (Wildman–Crippen LogP) is 2.61. The van der Waals surface area contributed by atoms with E-state index in [0.29, 0.717) is 18.4 Å². The zero-order valence-corrected chi connectivity index (χ0v) is 10.5. The smallest absolute Gasteiger partial charge is 0.303 e. The van der Waals surface area contributed by atoms with Crippen LogP contribution < -0.4 is 0 Å². The highest BCUT2D eigenvalue weighted by atomic mass is 16.4. The number of nitrogens with zero attached hydrogens (tertiary/aromatic N) is 1. The minimum absolute atomic E-state index is 0.299. The van der Waals surface area contributed by atoms with E-state index in [-0.39, 0.29) is 0 Å². The average Bonchev–Trinajstić information content (AvgIpc) is 2.08. The molecule has 0 amide bonds. The summed E-state index contributed by atoms with van der Waals surface area (Å²) < 4.78 is 0. The zero-order valence-electron chi connectivity index (χ0n) is 10.5. The largest absolute Gasteiger partial charge is 0.481 e. The number of carboxylic acid groups (broad SMARTS) is 1. The van der Waals surface area contributed by atoms with Crippen molar-refractivity contribution in [3.63, 3.8) is 0 Å². The number of aliphatic carboxylic acids is 1. The number of hydrogen-bond donors (Lipinski definition) is 1. The Morgan fingerprint density at radius 3 is 2.20 bits per heavy atom. The van der Waals surface area contributed by atoms with E-state index in [1.54, 1.807) is 0 Å². The van der Waals surface area contributed by atoms with Crippen molar-refractivity contribution in [3.8, 4) is 0 Å². The second kappa shape index (κ2) is 7.69. The van der Waals surface area contributed by atoms with Crippen molar-refractivity contribution in [3.05, 3.63) is 0 Å². The van der Waals surface area contributed by atoms with Crippen molar-refractivity contribution in [2.45, 2.75) is 53.0 Å². The molecule has 0 bridgehead atoms. The van der Waals surface area contributed by atoms with Crippen LogP contribution in [0.25, 0.3) is 0 Å². The van der Waals surface area contributed by atoms with Crippen molar-refractivity contribution >= 4 is 5.97 Å². The summed E-state index contributed by atoms with van der Waals surface area (Å²) >= 11 is 0. The summed E-state index contributed by atoms with van der Waals surface area (Å²) in [6.45, 7) is 10.9. The van der Waals surface area contributed by atoms with Crippen molar-refractivity contribution in [2.24, 2.45) is 5.92 Å². The van der Waals surface area contributed by atoms with Crippen LogP contribution in [0.15, 0.2) is 0 Å². The Labute approximate surface area is 93.5 Å². The Bertz CT molecular complexity index is 178. The molecule has 0 unspecified atom stereocenters. The van der Waals surface area contributed by atoms with Crippen molar-refractivity contribution in [1.29, 1.82) is 0 Å². The zero-order chi connectivity index (χ0) is 11.8. The molecule has 0 aromatic heterocycles. The van der Waals surface area contributed by atoms with Crippen LogP contribution in [-0.2, 0) is 4.79 Å². The Kier molecular flexibility index (Phi) is 7.39. The lowest BCUT2D eigenvalue weighted by Crippen LogP contribution is -2.35. The quantitative estimate of drug-likeness (QED) is 0.633. The fraction of sp³-hybridized carbons (Fsp3) is 0.917. The van der Waals surface area contributed by atoms with Gasteiger partial charge in [-0.05, 0) is 39.2 Å². The summed E-state index contributed by atoms with van der Waals surface area (Å²) in [6, 6.07) is 0.553. The molecule has 0 saturated heterocycles. The summed E-state index contributed by atoms with van der Waals surface area (Å²) in [4.78, 5) is 12.8. The highest BCUT2D eigenvalue weighted by Gasteiger charge is 2.10. The molecule has 0 spiro atoms. The molecule has 0 aromatic carbocycles. The molecule has 0 aliphatic rings. The molecule has 1 N–H and O–H groups in total. The SMILES string of the molecule is CC(C)CN(CCCCC(=O)O)C(C)C. The molecule has 0 heterocycles. The summed E-state index contributed by atoms with van der Waals surface area (Å²) in [7, 11) is 0. The minimum Gasteiger partial charge on any atom is -0.481 e. The lowest BCUT2D eigenvalue weighted by atomic mass is 10.1. The fourth-order valence-electron chi connectivity index (χ4n) is 1.62. The van der Waals surface area contributed by atoms with Gasteiger partial charge in [0.15, 0.2) is 0 Å². The van der Waals surface area contributed by atoms with Gasteiger partial charge >= 0.3 is 5.97 Å². The van der Waals surface area contributed by atoms with Crippen LogP contribution in [-0.4, -0.2) is 35.1 Å². The van der Waals surface area contributed by atoms with Gasteiger partial charge in [0.25, 0.3) is 0 Å². The first-order valence-corrected chi connectivity index (χ1v) is 5.89. The van der Waals surface area contributed by atoms with Crippen LogP contribution in [0.4, 0.5) is 0 Å². The molecule has 0 rings (SSSR count). The summed E-state index contributed by atoms with van der Waals surface area (Å²) in [5, 5.41) is 8.52. The van der Waals surface area contributed by atoms with Crippen molar-refractivity contribution in [2.75, 3.05) is 13.1 Å². The molecule has 3 nitrogen and oxygen atoms in total. The van der Waals surface area contributed by atoms with Crippen LogP contribution in [0.5, 0.6) is 0 Å². The van der Waals surface area contributed by atoms with Gasteiger partial charge in [-0.25, -0.2) is 0 Å². The third kappa shape index (κ3) is 8.43. The predicted molar refractivity (Wildman–Crippen MR) is 63.0 cm³/mol. The molecule has 0 atom stereocenters. The first kappa shape index (κ1) is 14.4. The normalized spacial score (nSPS) is 11.7. The topological polar surface area (TPSA) is 40.5 Å². The van der Waals surface area contributed by atoms with Gasteiger partial charge in [-0.1, -0.05) is 13.8 Å². The van der Waals surface area contributed by atoms with Crippen LogP contribution in [0, 0.1) is 5.92 Å². The number of carboxylic acids is 1. The molecule has 0 aromatic rings. The van der Waals surface area contributed by atoms with Gasteiger partial charge in [-0.15, -0.1) is 0 Å². The number of rotatable bonds is 8. The maximum absolute atomic E-state index is 10.3. The Morgan fingerprint density at radius 2 is 1.80 bits per heavy atom. The standard InChI is InChI=1S/C12H25NO2/c1-10(2)9-13(11(3)4)8-6-5-7-12(14)15/h10-11H,5-9H2,1-4H3,(H,14,15). The van der Waals surface area contributed by atoms with Gasteiger partial charge in [0.2, 0.25) is 0 Å². The summed E-state index contributed by atoms with van der Waals surface area (Å²) in [5.74, 6) is -0.0122. The van der Waals surface area contributed by atoms with E-state index in [4.69, 9.17) is 5.11 Å². The van der Waals surface area contributed by atoms with Crippen LogP contribution >= 0.6 is 0 Å². The first-order chi connectivity index (χ1) is 6.93. The molecule has 90 valence electrons. The van der Waals surface area contributed by atoms with Gasteiger partial charge in [-0.2, -0.15) is 0 Å². The number of hydrogen-bond acceptors (Lipinski definition) is 2. The maximum atomic E-state index is 10.3. The van der Waals surface area contributed by atoms with Gasteiger partial charge in [0.05, 0.1) is 0 Å². The first-order valence-electron chi connectivity index (χ1n) is 5.89. The number of unbranched alkanes of at least 4 members (excludes halogenated alkanes) is 1. The van der Waals surface area contributed by atoms with Gasteiger partial charge < -0.3 is 10.0 Å². The molecule has 0 aliphatic carbocycles. The van der Waals surface area contributed by atoms with E-state index < -0.39 is 5.97 Å². The lowest BCUT2D eigenvalue weighted by molar-refractivity contribution is -0.137. The van der Waals surface area contributed by atoms with E-state index in [1.807, 2.05) is 0 Å². The summed E-state index contributed by atoms with van der Waals surface area (Å²) in [6.07, 6.45) is 2.07. The molecule has 3 heteroatoms.